The number of benzene rings is 2. The second-order valence-corrected chi connectivity index (χ2v) is 7.08. The Labute approximate surface area is 144 Å². The largest absolute Gasteiger partial charge is 0.449 e. The van der Waals surface area contributed by atoms with Crippen molar-refractivity contribution < 1.29 is 9.53 Å². The van der Waals surface area contributed by atoms with E-state index in [1.54, 1.807) is 0 Å². The number of unbranched alkanes of at least 4 members (excludes halogenated alkanes) is 2. The number of hydrogen-bond acceptors (Lipinski definition) is 2. The van der Waals surface area contributed by atoms with Gasteiger partial charge in [-0.25, -0.2) is 0 Å². The minimum atomic E-state index is -0.694. The zero-order valence-corrected chi connectivity index (χ0v) is 14.6. The third-order valence-electron chi connectivity index (χ3n) is 5.34. The predicted molar refractivity (Wildman–Crippen MR) is 96.6 cm³/mol. The maximum atomic E-state index is 12.4. The molecule has 126 valence electrons. The summed E-state index contributed by atoms with van der Waals surface area (Å²) in [6, 6.07) is 20.5. The van der Waals surface area contributed by atoms with Crippen molar-refractivity contribution in [1.29, 1.82) is 0 Å². The van der Waals surface area contributed by atoms with Crippen LogP contribution in [0.25, 0.3) is 0 Å². The summed E-state index contributed by atoms with van der Waals surface area (Å²) in [4.78, 5) is 12.4. The van der Waals surface area contributed by atoms with Gasteiger partial charge in [0.25, 0.3) is 0 Å². The van der Waals surface area contributed by atoms with E-state index in [2.05, 4.69) is 38.1 Å². The lowest BCUT2D eigenvalue weighted by atomic mass is 9.63. The van der Waals surface area contributed by atoms with Crippen LogP contribution in [0.3, 0.4) is 0 Å². The molecule has 0 amide bonds. The highest BCUT2D eigenvalue weighted by atomic mass is 16.6. The summed E-state index contributed by atoms with van der Waals surface area (Å²) in [6.45, 7) is 4.42. The Morgan fingerprint density at radius 1 is 0.917 bits per heavy atom. The van der Waals surface area contributed by atoms with Crippen LogP contribution in [0.5, 0.6) is 0 Å². The summed E-state index contributed by atoms with van der Waals surface area (Å²) in [5.41, 5.74) is 1.21. The molecule has 2 nitrogen and oxygen atoms in total. The first-order valence-electron chi connectivity index (χ1n) is 8.95. The Hall–Kier alpha value is -2.09. The topological polar surface area (TPSA) is 26.3 Å². The van der Waals surface area contributed by atoms with Crippen molar-refractivity contribution in [3.05, 3.63) is 71.8 Å². The van der Waals surface area contributed by atoms with Crippen LogP contribution in [0.2, 0.25) is 0 Å². The molecular formula is C22H26O2. The van der Waals surface area contributed by atoms with Crippen molar-refractivity contribution in [2.45, 2.75) is 51.6 Å². The average molecular weight is 322 g/mol. The van der Waals surface area contributed by atoms with Crippen molar-refractivity contribution in [2.24, 2.45) is 5.41 Å². The van der Waals surface area contributed by atoms with E-state index < -0.39 is 5.60 Å². The van der Waals surface area contributed by atoms with Crippen LogP contribution in [-0.4, -0.2) is 5.97 Å². The fourth-order valence-electron chi connectivity index (χ4n) is 4.13. The second-order valence-electron chi connectivity index (χ2n) is 7.08. The van der Waals surface area contributed by atoms with E-state index in [0.29, 0.717) is 6.42 Å². The van der Waals surface area contributed by atoms with E-state index in [4.69, 9.17) is 4.74 Å². The Kier molecular flexibility index (Phi) is 4.75. The standard InChI is InChI=1S/C22H26O2/c1-3-4-11-16-21(2)17-20(23)24-22(21,18-12-7-5-8-13-18)19-14-9-6-10-15-19/h5-10,12-15H,3-4,11,16-17H2,1-2H3. The molecule has 0 bridgehead atoms. The maximum absolute atomic E-state index is 12.4. The minimum Gasteiger partial charge on any atom is -0.449 e. The summed E-state index contributed by atoms with van der Waals surface area (Å²) >= 11 is 0. The van der Waals surface area contributed by atoms with Crippen LogP contribution >= 0.6 is 0 Å². The van der Waals surface area contributed by atoms with Gasteiger partial charge in [-0.1, -0.05) is 93.8 Å². The van der Waals surface area contributed by atoms with Gasteiger partial charge in [0.05, 0.1) is 6.42 Å². The van der Waals surface area contributed by atoms with Crippen LogP contribution in [-0.2, 0) is 15.1 Å². The molecule has 2 aromatic carbocycles. The summed E-state index contributed by atoms with van der Waals surface area (Å²) < 4.78 is 6.13. The van der Waals surface area contributed by atoms with Crippen LogP contribution in [0.4, 0.5) is 0 Å². The van der Waals surface area contributed by atoms with Gasteiger partial charge >= 0.3 is 5.97 Å². The predicted octanol–water partition coefficient (Wildman–Crippen LogP) is 5.46. The number of ether oxygens (including phenoxy) is 1. The van der Waals surface area contributed by atoms with Crippen molar-refractivity contribution in [1.82, 2.24) is 0 Å². The first kappa shape index (κ1) is 16.8. The average Bonchev–Trinajstić information content (AvgIpc) is 2.88. The fraction of sp³-hybridized carbons (Fsp3) is 0.409. The Morgan fingerprint density at radius 3 is 1.96 bits per heavy atom. The number of cyclic esters (lactones) is 1. The lowest BCUT2D eigenvalue weighted by Gasteiger charge is -2.42. The van der Waals surface area contributed by atoms with E-state index in [9.17, 15) is 4.79 Å². The highest BCUT2D eigenvalue weighted by Gasteiger charge is 2.59. The van der Waals surface area contributed by atoms with E-state index in [-0.39, 0.29) is 11.4 Å². The molecule has 0 spiro atoms. The molecule has 3 rings (SSSR count). The molecule has 0 aliphatic carbocycles. The lowest BCUT2D eigenvalue weighted by molar-refractivity contribution is -0.148. The number of rotatable bonds is 6. The third-order valence-corrected chi connectivity index (χ3v) is 5.34. The van der Waals surface area contributed by atoms with Gasteiger partial charge in [-0.3, -0.25) is 4.79 Å². The molecule has 1 aliphatic rings. The maximum Gasteiger partial charge on any atom is 0.307 e. The van der Waals surface area contributed by atoms with E-state index >= 15 is 0 Å². The molecule has 1 fully saturated rings. The smallest absolute Gasteiger partial charge is 0.307 e. The normalized spacial score (nSPS) is 22.3. The molecule has 2 heteroatoms. The fourth-order valence-corrected chi connectivity index (χ4v) is 4.13. The Bertz CT molecular complexity index is 638. The zero-order valence-electron chi connectivity index (χ0n) is 14.6. The van der Waals surface area contributed by atoms with Gasteiger partial charge in [-0.05, 0) is 6.42 Å². The lowest BCUT2D eigenvalue weighted by Crippen LogP contribution is -2.42. The van der Waals surface area contributed by atoms with Crippen LogP contribution < -0.4 is 0 Å². The van der Waals surface area contributed by atoms with Gasteiger partial charge in [0.2, 0.25) is 0 Å². The first-order valence-corrected chi connectivity index (χ1v) is 8.95. The molecule has 1 heterocycles. The van der Waals surface area contributed by atoms with E-state index in [1.807, 2.05) is 36.4 Å². The highest BCUT2D eigenvalue weighted by molar-refractivity contribution is 5.75. The number of hydrogen-bond donors (Lipinski definition) is 0. The van der Waals surface area contributed by atoms with Crippen LogP contribution in [0, 0.1) is 5.41 Å². The van der Waals surface area contributed by atoms with Gasteiger partial charge in [-0.15, -0.1) is 0 Å². The van der Waals surface area contributed by atoms with Gasteiger partial charge in [0, 0.05) is 16.5 Å². The van der Waals surface area contributed by atoms with Crippen LogP contribution in [0.1, 0.15) is 57.1 Å². The first-order chi connectivity index (χ1) is 11.6. The third kappa shape index (κ3) is 2.75. The molecule has 0 aromatic heterocycles. The molecule has 1 unspecified atom stereocenters. The van der Waals surface area contributed by atoms with Gasteiger partial charge in [0.15, 0.2) is 5.60 Å². The molecule has 0 saturated carbocycles. The molecule has 1 aliphatic heterocycles. The van der Waals surface area contributed by atoms with Crippen molar-refractivity contribution >= 4 is 5.97 Å². The summed E-state index contributed by atoms with van der Waals surface area (Å²) in [5, 5.41) is 0. The van der Waals surface area contributed by atoms with Gasteiger partial charge in [0.1, 0.15) is 0 Å². The monoisotopic (exact) mass is 322 g/mol. The van der Waals surface area contributed by atoms with Crippen molar-refractivity contribution in [3.63, 3.8) is 0 Å². The van der Waals surface area contributed by atoms with Crippen molar-refractivity contribution in [2.75, 3.05) is 0 Å². The van der Waals surface area contributed by atoms with Crippen LogP contribution in [0.15, 0.2) is 60.7 Å². The number of carbonyl (C=O) groups is 1. The van der Waals surface area contributed by atoms with E-state index in [0.717, 1.165) is 24.0 Å². The van der Waals surface area contributed by atoms with Crippen molar-refractivity contribution in [3.8, 4) is 0 Å². The van der Waals surface area contributed by atoms with Gasteiger partial charge in [-0.2, -0.15) is 0 Å². The SMILES string of the molecule is CCCCCC1(C)CC(=O)OC1(c1ccccc1)c1ccccc1. The van der Waals surface area contributed by atoms with E-state index in [1.165, 1.54) is 12.8 Å². The summed E-state index contributed by atoms with van der Waals surface area (Å²) in [6.07, 6.45) is 4.93. The molecule has 0 radical (unpaired) electrons. The van der Waals surface area contributed by atoms with Gasteiger partial charge < -0.3 is 4.74 Å². The Balaban J connectivity index is 2.14. The minimum absolute atomic E-state index is 0.0956. The zero-order chi connectivity index (χ0) is 17.0. The Morgan fingerprint density at radius 2 is 1.46 bits per heavy atom. The molecule has 1 atom stereocenters. The molecular weight excluding hydrogens is 296 g/mol. The number of carbonyl (C=O) groups excluding carboxylic acids is 1. The second kappa shape index (κ2) is 6.80. The number of esters is 1. The summed E-state index contributed by atoms with van der Waals surface area (Å²) in [5.74, 6) is -0.0956. The molecule has 24 heavy (non-hydrogen) atoms. The highest BCUT2D eigenvalue weighted by Crippen LogP contribution is 2.57. The molecule has 2 aromatic rings. The molecule has 1 saturated heterocycles. The quantitative estimate of drug-likeness (QED) is 0.521. The molecule has 0 N–H and O–H groups in total. The summed E-state index contributed by atoms with van der Waals surface area (Å²) in [7, 11) is 0.